The molecule has 2 aromatic rings. The van der Waals surface area contributed by atoms with Crippen LogP contribution in [0.1, 0.15) is 18.9 Å². The molecular formula is C17H17NO5. The zero-order valence-corrected chi connectivity index (χ0v) is 12.6. The van der Waals surface area contributed by atoms with E-state index in [1.807, 2.05) is 6.07 Å². The molecule has 1 atom stereocenters. The third-order valence-corrected chi connectivity index (χ3v) is 3.46. The van der Waals surface area contributed by atoms with Gasteiger partial charge < -0.3 is 10.2 Å². The second-order valence-corrected chi connectivity index (χ2v) is 5.72. The molecule has 0 saturated heterocycles. The van der Waals surface area contributed by atoms with Gasteiger partial charge in [0.1, 0.15) is 0 Å². The highest BCUT2D eigenvalue weighted by atomic mass is 16.6. The molecule has 23 heavy (non-hydrogen) atoms. The second-order valence-electron chi connectivity index (χ2n) is 5.72. The van der Waals surface area contributed by atoms with Crippen LogP contribution in [-0.2, 0) is 11.2 Å². The van der Waals surface area contributed by atoms with E-state index in [-0.39, 0.29) is 12.1 Å². The number of carboxylic acid groups (broad SMARTS) is 1. The fourth-order valence-electron chi connectivity index (χ4n) is 2.53. The van der Waals surface area contributed by atoms with Crippen LogP contribution >= 0.6 is 0 Å². The highest BCUT2D eigenvalue weighted by Crippen LogP contribution is 2.31. The molecular weight excluding hydrogens is 298 g/mol. The van der Waals surface area contributed by atoms with E-state index in [0.717, 1.165) is 5.56 Å². The summed E-state index contributed by atoms with van der Waals surface area (Å²) >= 11 is 0. The van der Waals surface area contributed by atoms with Crippen molar-refractivity contribution in [3.05, 3.63) is 64.2 Å². The summed E-state index contributed by atoms with van der Waals surface area (Å²) in [4.78, 5) is 21.6. The molecule has 0 aliphatic heterocycles. The molecule has 1 unspecified atom stereocenters. The fourth-order valence-corrected chi connectivity index (χ4v) is 2.53. The molecule has 2 aromatic carbocycles. The van der Waals surface area contributed by atoms with Crippen molar-refractivity contribution in [2.24, 2.45) is 0 Å². The van der Waals surface area contributed by atoms with Gasteiger partial charge in [-0.1, -0.05) is 36.4 Å². The van der Waals surface area contributed by atoms with Gasteiger partial charge >= 0.3 is 5.97 Å². The van der Waals surface area contributed by atoms with Gasteiger partial charge in [0.2, 0.25) is 0 Å². The normalized spacial score (nSPS) is 13.3. The van der Waals surface area contributed by atoms with Crippen molar-refractivity contribution in [2.45, 2.75) is 25.4 Å². The van der Waals surface area contributed by atoms with E-state index in [9.17, 15) is 20.0 Å². The molecule has 0 radical (unpaired) electrons. The van der Waals surface area contributed by atoms with Crippen LogP contribution in [0.15, 0.2) is 48.5 Å². The van der Waals surface area contributed by atoms with Crippen molar-refractivity contribution in [3.63, 3.8) is 0 Å². The zero-order valence-electron chi connectivity index (χ0n) is 12.6. The van der Waals surface area contributed by atoms with Gasteiger partial charge in [-0.3, -0.25) is 14.9 Å². The number of rotatable bonds is 6. The van der Waals surface area contributed by atoms with E-state index in [0.29, 0.717) is 11.1 Å². The minimum Gasteiger partial charge on any atom is -0.481 e. The molecule has 2 N–H and O–H groups in total. The minimum atomic E-state index is -1.46. The molecule has 0 heterocycles. The van der Waals surface area contributed by atoms with E-state index in [4.69, 9.17) is 5.11 Å². The van der Waals surface area contributed by atoms with Crippen LogP contribution in [-0.4, -0.2) is 26.7 Å². The number of hydrogen-bond donors (Lipinski definition) is 2. The molecule has 6 nitrogen and oxygen atoms in total. The molecule has 0 aliphatic carbocycles. The molecule has 0 aliphatic rings. The first-order chi connectivity index (χ1) is 10.8. The van der Waals surface area contributed by atoms with Crippen LogP contribution in [0.25, 0.3) is 11.1 Å². The van der Waals surface area contributed by atoms with Gasteiger partial charge in [0.25, 0.3) is 5.69 Å². The van der Waals surface area contributed by atoms with Crippen LogP contribution in [0.2, 0.25) is 0 Å². The number of carboxylic acids is 1. The molecule has 0 spiro atoms. The molecule has 2 rings (SSSR count). The lowest BCUT2D eigenvalue weighted by Crippen LogP contribution is -2.30. The SMILES string of the molecule is CC(O)(CC(=O)O)Cc1ccc(-c2ccccc2)c([N+](=O)[O-])c1. The van der Waals surface area contributed by atoms with E-state index in [1.54, 1.807) is 36.4 Å². The predicted octanol–water partition coefficient (Wildman–Crippen LogP) is 3.03. The number of nitro benzene ring substituents is 1. The van der Waals surface area contributed by atoms with Gasteiger partial charge in [-0.2, -0.15) is 0 Å². The summed E-state index contributed by atoms with van der Waals surface area (Å²) in [5.41, 5.74) is 0.191. The third kappa shape index (κ3) is 4.37. The Morgan fingerprint density at radius 1 is 1.22 bits per heavy atom. The number of aliphatic carboxylic acids is 1. The lowest BCUT2D eigenvalue weighted by Gasteiger charge is -2.21. The summed E-state index contributed by atoms with van der Waals surface area (Å²) < 4.78 is 0. The van der Waals surface area contributed by atoms with Crippen molar-refractivity contribution < 1.29 is 19.9 Å². The van der Waals surface area contributed by atoms with E-state index < -0.39 is 22.9 Å². The molecule has 0 aromatic heterocycles. The average Bonchev–Trinajstić information content (AvgIpc) is 2.46. The molecule has 0 bridgehead atoms. The van der Waals surface area contributed by atoms with E-state index >= 15 is 0 Å². The molecule has 0 saturated carbocycles. The van der Waals surface area contributed by atoms with Gasteiger partial charge in [-0.15, -0.1) is 0 Å². The number of hydrogen-bond acceptors (Lipinski definition) is 4. The maximum atomic E-state index is 11.3. The van der Waals surface area contributed by atoms with Crippen molar-refractivity contribution in [1.29, 1.82) is 0 Å². The molecule has 0 fully saturated rings. The maximum absolute atomic E-state index is 11.3. The van der Waals surface area contributed by atoms with E-state index in [1.165, 1.54) is 13.0 Å². The highest BCUT2D eigenvalue weighted by Gasteiger charge is 2.26. The summed E-state index contributed by atoms with van der Waals surface area (Å²) in [6, 6.07) is 13.7. The summed E-state index contributed by atoms with van der Waals surface area (Å²) in [6.45, 7) is 1.40. The van der Waals surface area contributed by atoms with Crippen LogP contribution in [0, 0.1) is 10.1 Å². The molecule has 120 valence electrons. The predicted molar refractivity (Wildman–Crippen MR) is 85.1 cm³/mol. The number of nitro groups is 1. The topological polar surface area (TPSA) is 101 Å². The lowest BCUT2D eigenvalue weighted by atomic mass is 9.91. The summed E-state index contributed by atoms with van der Waals surface area (Å²) in [5.74, 6) is -1.12. The summed E-state index contributed by atoms with van der Waals surface area (Å²) in [6.07, 6.45) is -0.406. The van der Waals surface area contributed by atoms with Gasteiger partial charge in [0, 0.05) is 12.5 Å². The van der Waals surface area contributed by atoms with Crippen molar-refractivity contribution in [2.75, 3.05) is 0 Å². The first-order valence-electron chi connectivity index (χ1n) is 7.05. The largest absolute Gasteiger partial charge is 0.481 e. The highest BCUT2D eigenvalue weighted by molar-refractivity contribution is 5.74. The number of carbonyl (C=O) groups is 1. The second kappa shape index (κ2) is 6.58. The average molecular weight is 315 g/mol. The van der Waals surface area contributed by atoms with Crippen molar-refractivity contribution in [1.82, 2.24) is 0 Å². The molecule has 6 heteroatoms. The smallest absolute Gasteiger partial charge is 0.306 e. The Morgan fingerprint density at radius 2 is 1.87 bits per heavy atom. The standard InChI is InChI=1S/C17H17NO5/c1-17(21,11-16(19)20)10-12-7-8-14(15(9-12)18(22)23)13-5-3-2-4-6-13/h2-9,21H,10-11H2,1H3,(H,19,20). The van der Waals surface area contributed by atoms with Crippen molar-refractivity contribution >= 4 is 11.7 Å². The Balaban J connectivity index is 2.37. The monoisotopic (exact) mass is 315 g/mol. The Morgan fingerprint density at radius 3 is 2.43 bits per heavy atom. The Bertz CT molecular complexity index is 725. The summed E-state index contributed by atoms with van der Waals surface area (Å²) in [7, 11) is 0. The Kier molecular flexibility index (Phi) is 4.76. The molecule has 0 amide bonds. The van der Waals surface area contributed by atoms with Crippen LogP contribution in [0.3, 0.4) is 0 Å². The first-order valence-corrected chi connectivity index (χ1v) is 7.05. The van der Waals surface area contributed by atoms with Crippen LogP contribution in [0.5, 0.6) is 0 Å². The fraction of sp³-hybridized carbons (Fsp3) is 0.235. The van der Waals surface area contributed by atoms with Gasteiger partial charge in [0.05, 0.1) is 22.5 Å². The first kappa shape index (κ1) is 16.6. The number of benzene rings is 2. The van der Waals surface area contributed by atoms with Gasteiger partial charge in [0.15, 0.2) is 0 Å². The number of nitrogens with zero attached hydrogens (tertiary/aromatic N) is 1. The summed E-state index contributed by atoms with van der Waals surface area (Å²) in [5, 5.41) is 30.2. The van der Waals surface area contributed by atoms with Gasteiger partial charge in [-0.05, 0) is 24.1 Å². The van der Waals surface area contributed by atoms with Gasteiger partial charge in [-0.25, -0.2) is 0 Å². The zero-order chi connectivity index (χ0) is 17.0. The lowest BCUT2D eigenvalue weighted by molar-refractivity contribution is -0.384. The number of aliphatic hydroxyl groups is 1. The third-order valence-electron chi connectivity index (χ3n) is 3.46. The van der Waals surface area contributed by atoms with Crippen LogP contribution in [0.4, 0.5) is 5.69 Å². The van der Waals surface area contributed by atoms with Crippen molar-refractivity contribution in [3.8, 4) is 11.1 Å². The minimum absolute atomic E-state index is 0.0230. The van der Waals surface area contributed by atoms with Crippen LogP contribution < -0.4 is 0 Å². The Labute approximate surface area is 133 Å². The Hall–Kier alpha value is -2.73. The quantitative estimate of drug-likeness (QED) is 0.630. The van der Waals surface area contributed by atoms with E-state index in [2.05, 4.69) is 0 Å². The maximum Gasteiger partial charge on any atom is 0.306 e.